The van der Waals surface area contributed by atoms with E-state index in [0.717, 1.165) is 22.6 Å². The molecule has 0 aliphatic carbocycles. The molecular weight excluding hydrogens is 326 g/mol. The van der Waals surface area contributed by atoms with Crippen molar-refractivity contribution in [3.8, 4) is 0 Å². The van der Waals surface area contributed by atoms with Gasteiger partial charge in [0.2, 0.25) is 5.91 Å². The number of fused-ring (bicyclic) bond motifs is 1. The number of aliphatic imine (C=N–C) groups is 1. The van der Waals surface area contributed by atoms with Crippen molar-refractivity contribution in [2.45, 2.75) is 32.1 Å². The zero-order valence-corrected chi connectivity index (χ0v) is 15.1. The van der Waals surface area contributed by atoms with Crippen molar-refractivity contribution in [2.75, 3.05) is 18.4 Å². The molecule has 2 aromatic carbocycles. The van der Waals surface area contributed by atoms with Gasteiger partial charge in [0.15, 0.2) is 0 Å². The summed E-state index contributed by atoms with van der Waals surface area (Å²) in [5, 5.41) is 3.06. The van der Waals surface area contributed by atoms with Crippen LogP contribution in [-0.2, 0) is 9.53 Å². The number of morpholine rings is 1. The fourth-order valence-corrected chi connectivity index (χ4v) is 3.79. The van der Waals surface area contributed by atoms with Gasteiger partial charge in [-0.3, -0.25) is 9.69 Å². The smallest absolute Gasteiger partial charge is 0.248 e. The van der Waals surface area contributed by atoms with Crippen LogP contribution in [0.25, 0.3) is 0 Å². The summed E-state index contributed by atoms with van der Waals surface area (Å²) in [6, 6.07) is 17.2. The number of hydrogen-bond acceptors (Lipinski definition) is 4. The first-order valence-electron chi connectivity index (χ1n) is 9.05. The van der Waals surface area contributed by atoms with Crippen molar-refractivity contribution in [2.24, 2.45) is 4.99 Å². The summed E-state index contributed by atoms with van der Waals surface area (Å²) in [6.07, 6.45) is 0.156. The molecule has 0 aromatic heterocycles. The molecule has 4 rings (SSSR count). The van der Waals surface area contributed by atoms with Crippen LogP contribution < -0.4 is 5.32 Å². The van der Waals surface area contributed by atoms with E-state index in [9.17, 15) is 4.79 Å². The highest BCUT2D eigenvalue weighted by Gasteiger charge is 2.37. The first kappa shape index (κ1) is 16.9. The second-order valence-electron chi connectivity index (χ2n) is 6.98. The van der Waals surface area contributed by atoms with Gasteiger partial charge in [0, 0.05) is 13.1 Å². The van der Waals surface area contributed by atoms with Gasteiger partial charge in [-0.25, -0.2) is 4.99 Å². The maximum absolute atomic E-state index is 13.2. The summed E-state index contributed by atoms with van der Waals surface area (Å²) >= 11 is 0. The number of hydrogen-bond donors (Lipinski definition) is 1. The van der Waals surface area contributed by atoms with E-state index in [0.29, 0.717) is 13.1 Å². The van der Waals surface area contributed by atoms with Crippen LogP contribution in [0.2, 0.25) is 0 Å². The van der Waals surface area contributed by atoms with Crippen LogP contribution in [-0.4, -0.2) is 47.9 Å². The Balaban J connectivity index is 1.82. The molecule has 2 aliphatic rings. The number of carbonyl (C=O) groups excluding carboxylic acids is 1. The third-order valence-corrected chi connectivity index (χ3v) is 4.79. The van der Waals surface area contributed by atoms with Crippen LogP contribution in [0, 0.1) is 0 Å². The van der Waals surface area contributed by atoms with Crippen LogP contribution in [0.4, 0.5) is 11.4 Å². The number of nitrogens with one attached hydrogen (secondary N) is 1. The molecule has 1 amide bonds. The number of benzene rings is 2. The SMILES string of the molecule is C[C@@H]1CN([C@@H]2C(=O)Nc3ccccc3N=C2c2ccccc2)C[C@@H](C)O1. The lowest BCUT2D eigenvalue weighted by atomic mass is 9.99. The maximum atomic E-state index is 13.2. The monoisotopic (exact) mass is 349 g/mol. The Labute approximate surface area is 153 Å². The van der Waals surface area contributed by atoms with E-state index in [1.54, 1.807) is 0 Å². The number of carbonyl (C=O) groups is 1. The average Bonchev–Trinajstić information content (AvgIpc) is 2.77. The molecule has 0 radical (unpaired) electrons. The highest BCUT2D eigenvalue weighted by Crippen LogP contribution is 2.30. The summed E-state index contributed by atoms with van der Waals surface area (Å²) in [5.74, 6) is -0.0427. The van der Waals surface area contributed by atoms with Crippen molar-refractivity contribution >= 4 is 23.0 Å². The predicted octanol–water partition coefficient (Wildman–Crippen LogP) is 3.24. The van der Waals surface area contributed by atoms with Gasteiger partial charge in [0.25, 0.3) is 0 Å². The number of nitrogens with zero attached hydrogens (tertiary/aromatic N) is 2. The molecule has 5 nitrogen and oxygen atoms in total. The number of para-hydroxylation sites is 2. The minimum absolute atomic E-state index is 0.0427. The minimum atomic E-state index is -0.446. The first-order chi connectivity index (χ1) is 12.6. The molecule has 2 aromatic rings. The lowest BCUT2D eigenvalue weighted by molar-refractivity contribution is -0.124. The molecular formula is C21H23N3O2. The van der Waals surface area contributed by atoms with Crippen molar-refractivity contribution in [3.63, 3.8) is 0 Å². The van der Waals surface area contributed by atoms with Crippen LogP contribution >= 0.6 is 0 Å². The average molecular weight is 349 g/mol. The third-order valence-electron chi connectivity index (χ3n) is 4.79. The van der Waals surface area contributed by atoms with Crippen LogP contribution in [0.1, 0.15) is 19.4 Å². The first-order valence-corrected chi connectivity index (χ1v) is 9.05. The molecule has 0 bridgehead atoms. The van der Waals surface area contributed by atoms with Gasteiger partial charge in [0.05, 0.1) is 29.3 Å². The quantitative estimate of drug-likeness (QED) is 0.906. The molecule has 1 fully saturated rings. The molecule has 2 aliphatic heterocycles. The fourth-order valence-electron chi connectivity index (χ4n) is 3.79. The normalized spacial score (nSPS) is 26.5. The summed E-state index contributed by atoms with van der Waals surface area (Å²) in [5.41, 5.74) is 3.30. The Hall–Kier alpha value is -2.50. The van der Waals surface area contributed by atoms with Crippen LogP contribution in [0.3, 0.4) is 0 Å². The highest BCUT2D eigenvalue weighted by atomic mass is 16.5. The maximum Gasteiger partial charge on any atom is 0.248 e. The lowest BCUT2D eigenvalue weighted by Gasteiger charge is -2.39. The van der Waals surface area contributed by atoms with Gasteiger partial charge in [0.1, 0.15) is 6.04 Å². The molecule has 134 valence electrons. The molecule has 26 heavy (non-hydrogen) atoms. The molecule has 0 saturated carbocycles. The second-order valence-corrected chi connectivity index (χ2v) is 6.98. The molecule has 5 heteroatoms. The summed E-state index contributed by atoms with van der Waals surface area (Å²) in [4.78, 5) is 20.3. The van der Waals surface area contributed by atoms with E-state index in [4.69, 9.17) is 9.73 Å². The zero-order chi connectivity index (χ0) is 18.1. The van der Waals surface area contributed by atoms with Crippen molar-refractivity contribution in [1.29, 1.82) is 0 Å². The summed E-state index contributed by atoms with van der Waals surface area (Å²) in [6.45, 7) is 5.49. The minimum Gasteiger partial charge on any atom is -0.373 e. The Bertz CT molecular complexity index is 824. The van der Waals surface area contributed by atoms with E-state index < -0.39 is 6.04 Å². The second kappa shape index (κ2) is 7.02. The van der Waals surface area contributed by atoms with E-state index in [1.165, 1.54) is 0 Å². The van der Waals surface area contributed by atoms with E-state index in [-0.39, 0.29) is 18.1 Å². The number of ether oxygens (including phenoxy) is 1. The van der Waals surface area contributed by atoms with Crippen molar-refractivity contribution < 1.29 is 9.53 Å². The third kappa shape index (κ3) is 3.28. The zero-order valence-electron chi connectivity index (χ0n) is 15.1. The molecule has 3 atom stereocenters. The largest absolute Gasteiger partial charge is 0.373 e. The topological polar surface area (TPSA) is 53.9 Å². The molecule has 1 saturated heterocycles. The standard InChI is InChI=1S/C21H23N3O2/c1-14-12-24(13-15(2)26-14)20-19(16-8-4-3-5-9-16)22-17-10-6-7-11-18(17)23-21(20)25/h3-11,14-15,20H,12-13H2,1-2H3,(H,23,25)/t14-,15-,20+/m1/s1. The number of anilines is 1. The Morgan fingerprint density at radius 3 is 2.38 bits per heavy atom. The Morgan fingerprint density at radius 2 is 1.65 bits per heavy atom. The Morgan fingerprint density at radius 1 is 1.00 bits per heavy atom. The molecule has 0 spiro atoms. The summed E-state index contributed by atoms with van der Waals surface area (Å²) in [7, 11) is 0. The molecule has 1 N–H and O–H groups in total. The van der Waals surface area contributed by atoms with Gasteiger partial charge in [-0.05, 0) is 31.5 Å². The van der Waals surface area contributed by atoms with E-state index >= 15 is 0 Å². The lowest BCUT2D eigenvalue weighted by Crippen LogP contribution is -2.56. The Kier molecular flexibility index (Phi) is 4.57. The van der Waals surface area contributed by atoms with Crippen LogP contribution in [0.5, 0.6) is 0 Å². The highest BCUT2D eigenvalue weighted by molar-refractivity contribution is 6.22. The van der Waals surface area contributed by atoms with Gasteiger partial charge in [-0.2, -0.15) is 0 Å². The van der Waals surface area contributed by atoms with E-state index in [1.807, 2.05) is 68.4 Å². The van der Waals surface area contributed by atoms with Gasteiger partial charge in [-0.15, -0.1) is 0 Å². The summed E-state index contributed by atoms with van der Waals surface area (Å²) < 4.78 is 5.86. The fraction of sp³-hybridized carbons (Fsp3) is 0.333. The van der Waals surface area contributed by atoms with Gasteiger partial charge >= 0.3 is 0 Å². The molecule has 0 unspecified atom stereocenters. The van der Waals surface area contributed by atoms with Gasteiger partial charge in [-0.1, -0.05) is 42.5 Å². The van der Waals surface area contributed by atoms with E-state index in [2.05, 4.69) is 10.2 Å². The number of rotatable bonds is 2. The number of amides is 1. The van der Waals surface area contributed by atoms with Gasteiger partial charge < -0.3 is 10.1 Å². The van der Waals surface area contributed by atoms with Crippen LogP contribution in [0.15, 0.2) is 59.6 Å². The van der Waals surface area contributed by atoms with Crippen molar-refractivity contribution in [1.82, 2.24) is 4.90 Å². The predicted molar refractivity (Wildman–Crippen MR) is 103 cm³/mol. The van der Waals surface area contributed by atoms with Crippen molar-refractivity contribution in [3.05, 3.63) is 60.2 Å². The molecule has 2 heterocycles.